The topological polar surface area (TPSA) is 63.9 Å². The summed E-state index contributed by atoms with van der Waals surface area (Å²) in [7, 11) is 1.66. The van der Waals surface area contributed by atoms with Crippen molar-refractivity contribution >= 4 is 22.8 Å². The molecule has 20 heavy (non-hydrogen) atoms. The Balaban J connectivity index is 2.05. The highest BCUT2D eigenvalue weighted by atomic mass is 19.2. The molecule has 3 aromatic rings. The van der Waals surface area contributed by atoms with E-state index in [0.29, 0.717) is 11.0 Å². The minimum absolute atomic E-state index is 0.00759. The number of halogens is 1. The smallest absolute Gasteiger partial charge is 0.266 e. The Morgan fingerprint density at radius 3 is 2.85 bits per heavy atom. The number of fused-ring (bicyclic) bond motifs is 1. The van der Waals surface area contributed by atoms with Crippen LogP contribution in [0.15, 0.2) is 42.9 Å². The molecule has 7 heteroatoms. The largest absolute Gasteiger partial charge is 0.289 e. The lowest BCUT2D eigenvalue weighted by molar-refractivity contribution is 0.0929. The lowest BCUT2D eigenvalue weighted by Gasteiger charge is -2.08. The summed E-state index contributed by atoms with van der Waals surface area (Å²) >= 11 is 0. The van der Waals surface area contributed by atoms with E-state index < -0.39 is 5.91 Å². The molecule has 0 atom stereocenters. The fourth-order valence-corrected chi connectivity index (χ4v) is 1.90. The zero-order valence-corrected chi connectivity index (χ0v) is 10.6. The standard InChI is InChI=1S/C13H10FN5O/c1-18-10-5-3-7-16-11(10)12(17-18)19(14)13(20)9-4-2-6-15-8-9/h2-8H,1H3. The minimum atomic E-state index is -0.830. The second-order valence-corrected chi connectivity index (χ2v) is 4.15. The minimum Gasteiger partial charge on any atom is -0.266 e. The molecule has 0 aliphatic carbocycles. The number of anilines is 1. The van der Waals surface area contributed by atoms with E-state index >= 15 is 0 Å². The monoisotopic (exact) mass is 271 g/mol. The molecular weight excluding hydrogens is 261 g/mol. The predicted octanol–water partition coefficient (Wildman–Crippen LogP) is 1.89. The molecule has 1 amide bonds. The third-order valence-corrected chi connectivity index (χ3v) is 2.86. The van der Waals surface area contributed by atoms with E-state index in [1.807, 2.05) is 0 Å². The second-order valence-electron chi connectivity index (χ2n) is 4.15. The Hall–Kier alpha value is -2.83. The number of aryl methyl sites for hydroxylation is 1. The molecule has 0 saturated carbocycles. The highest BCUT2D eigenvalue weighted by Crippen LogP contribution is 2.24. The summed E-state index contributed by atoms with van der Waals surface area (Å²) in [6, 6.07) is 6.52. The van der Waals surface area contributed by atoms with Crippen LogP contribution >= 0.6 is 0 Å². The highest BCUT2D eigenvalue weighted by Gasteiger charge is 2.24. The van der Waals surface area contributed by atoms with Gasteiger partial charge in [0.25, 0.3) is 5.91 Å². The van der Waals surface area contributed by atoms with Gasteiger partial charge < -0.3 is 0 Å². The molecule has 0 bridgehead atoms. The number of aromatic nitrogens is 4. The maximum atomic E-state index is 14.3. The molecule has 0 aliphatic heterocycles. The summed E-state index contributed by atoms with van der Waals surface area (Å²) in [6.07, 6.45) is 4.33. The molecule has 100 valence electrons. The molecule has 0 aliphatic rings. The number of pyridine rings is 2. The van der Waals surface area contributed by atoms with Crippen LogP contribution < -0.4 is 5.12 Å². The highest BCUT2D eigenvalue weighted by molar-refractivity contribution is 6.07. The number of rotatable bonds is 2. The molecule has 0 fully saturated rings. The van der Waals surface area contributed by atoms with Crippen LogP contribution in [0.25, 0.3) is 11.0 Å². The van der Waals surface area contributed by atoms with Crippen molar-refractivity contribution in [2.24, 2.45) is 7.05 Å². The molecule has 0 radical (unpaired) electrons. The maximum absolute atomic E-state index is 14.3. The van der Waals surface area contributed by atoms with Crippen LogP contribution in [-0.2, 0) is 7.05 Å². The zero-order chi connectivity index (χ0) is 14.1. The molecule has 0 N–H and O–H groups in total. The summed E-state index contributed by atoms with van der Waals surface area (Å²) in [5, 5.41) is 3.99. The fourth-order valence-electron chi connectivity index (χ4n) is 1.90. The lowest BCUT2D eigenvalue weighted by atomic mass is 10.2. The van der Waals surface area contributed by atoms with E-state index in [9.17, 15) is 9.28 Å². The van der Waals surface area contributed by atoms with Crippen molar-refractivity contribution in [2.45, 2.75) is 0 Å². The van der Waals surface area contributed by atoms with E-state index in [1.54, 1.807) is 25.2 Å². The number of hydrogen-bond donors (Lipinski definition) is 0. The Morgan fingerprint density at radius 2 is 2.10 bits per heavy atom. The zero-order valence-electron chi connectivity index (χ0n) is 10.6. The van der Waals surface area contributed by atoms with Gasteiger partial charge in [0.05, 0.1) is 11.1 Å². The number of carbonyl (C=O) groups excluding carboxylic acids is 1. The average molecular weight is 271 g/mol. The van der Waals surface area contributed by atoms with Crippen LogP contribution in [0.3, 0.4) is 0 Å². The van der Waals surface area contributed by atoms with Gasteiger partial charge in [0.1, 0.15) is 5.52 Å². The summed E-state index contributed by atoms with van der Waals surface area (Å²) in [6.45, 7) is 0. The molecule has 3 rings (SSSR count). The van der Waals surface area contributed by atoms with Crippen LogP contribution in [-0.4, -0.2) is 25.7 Å². The van der Waals surface area contributed by atoms with Crippen LogP contribution in [0.5, 0.6) is 0 Å². The first-order valence-electron chi connectivity index (χ1n) is 5.86. The molecule has 0 unspecified atom stereocenters. The van der Waals surface area contributed by atoms with Crippen molar-refractivity contribution in [1.82, 2.24) is 19.7 Å². The Labute approximate surface area is 113 Å². The first-order chi connectivity index (χ1) is 9.68. The summed E-state index contributed by atoms with van der Waals surface area (Å²) in [5.74, 6) is -0.958. The Bertz CT molecular complexity index is 771. The molecular formula is C13H10FN5O. The van der Waals surface area contributed by atoms with Crippen LogP contribution in [0.4, 0.5) is 10.3 Å². The van der Waals surface area contributed by atoms with Gasteiger partial charge >= 0.3 is 0 Å². The lowest BCUT2D eigenvalue weighted by Crippen LogP contribution is -2.23. The van der Waals surface area contributed by atoms with Crippen molar-refractivity contribution < 1.29 is 9.28 Å². The summed E-state index contributed by atoms with van der Waals surface area (Å²) in [4.78, 5) is 19.9. The third kappa shape index (κ3) is 1.89. The Kier molecular flexibility index (Phi) is 2.86. The second kappa shape index (κ2) is 4.69. The number of carbonyl (C=O) groups is 1. The van der Waals surface area contributed by atoms with Gasteiger partial charge in [-0.15, -0.1) is 10.2 Å². The van der Waals surface area contributed by atoms with Crippen molar-refractivity contribution in [3.05, 3.63) is 48.4 Å². The summed E-state index contributed by atoms with van der Waals surface area (Å²) in [5.41, 5.74) is 1.11. The van der Waals surface area contributed by atoms with Gasteiger partial charge in [0.2, 0.25) is 5.82 Å². The van der Waals surface area contributed by atoms with Gasteiger partial charge in [-0.25, -0.2) is 0 Å². The van der Waals surface area contributed by atoms with Crippen LogP contribution in [0.1, 0.15) is 10.4 Å². The van der Waals surface area contributed by atoms with Crippen LogP contribution in [0, 0.1) is 0 Å². The van der Waals surface area contributed by atoms with E-state index in [2.05, 4.69) is 15.1 Å². The van der Waals surface area contributed by atoms with Gasteiger partial charge in [-0.2, -0.15) is 0 Å². The normalized spacial score (nSPS) is 10.7. The van der Waals surface area contributed by atoms with Gasteiger partial charge in [0, 0.05) is 25.6 Å². The third-order valence-electron chi connectivity index (χ3n) is 2.86. The van der Waals surface area contributed by atoms with Gasteiger partial charge in [0.15, 0.2) is 0 Å². The molecule has 0 aromatic carbocycles. The maximum Gasteiger partial charge on any atom is 0.289 e. The van der Waals surface area contributed by atoms with Gasteiger partial charge in [-0.05, 0) is 24.3 Å². The first-order valence-corrected chi connectivity index (χ1v) is 5.86. The number of amides is 1. The molecule has 3 aromatic heterocycles. The van der Waals surface area contributed by atoms with E-state index in [4.69, 9.17) is 0 Å². The van der Waals surface area contributed by atoms with E-state index in [0.717, 1.165) is 0 Å². The number of nitrogens with zero attached hydrogens (tertiary/aromatic N) is 5. The van der Waals surface area contributed by atoms with Crippen molar-refractivity contribution in [2.75, 3.05) is 5.12 Å². The van der Waals surface area contributed by atoms with Crippen molar-refractivity contribution in [3.8, 4) is 0 Å². The van der Waals surface area contributed by atoms with E-state index in [-0.39, 0.29) is 16.5 Å². The Morgan fingerprint density at radius 1 is 1.30 bits per heavy atom. The van der Waals surface area contributed by atoms with Gasteiger partial charge in [-0.3, -0.25) is 19.4 Å². The quantitative estimate of drug-likeness (QED) is 0.668. The predicted molar refractivity (Wildman–Crippen MR) is 70.7 cm³/mol. The van der Waals surface area contributed by atoms with E-state index in [1.165, 1.54) is 29.3 Å². The van der Waals surface area contributed by atoms with Crippen LogP contribution in [0.2, 0.25) is 0 Å². The fraction of sp³-hybridized carbons (Fsp3) is 0.0769. The molecule has 0 spiro atoms. The number of hydrogen-bond acceptors (Lipinski definition) is 4. The van der Waals surface area contributed by atoms with Crippen molar-refractivity contribution in [1.29, 1.82) is 0 Å². The molecule has 0 saturated heterocycles. The molecule has 3 heterocycles. The first kappa shape index (κ1) is 12.2. The van der Waals surface area contributed by atoms with Crippen molar-refractivity contribution in [3.63, 3.8) is 0 Å². The SMILES string of the molecule is Cn1nc(N(F)C(=O)c2cccnc2)c2ncccc21. The molecule has 6 nitrogen and oxygen atoms in total. The average Bonchev–Trinajstić information content (AvgIpc) is 2.84. The van der Waals surface area contributed by atoms with Gasteiger partial charge in [-0.1, -0.05) is 4.48 Å². The summed E-state index contributed by atoms with van der Waals surface area (Å²) < 4.78 is 15.8.